The van der Waals surface area contributed by atoms with Gasteiger partial charge in [-0.05, 0) is 37.1 Å². The van der Waals surface area contributed by atoms with E-state index in [2.05, 4.69) is 10.6 Å². The number of amides is 1. The Bertz CT molecular complexity index is 790. The molecule has 1 heterocycles. The van der Waals surface area contributed by atoms with E-state index in [0.29, 0.717) is 35.2 Å². The van der Waals surface area contributed by atoms with Crippen molar-refractivity contribution in [2.45, 2.75) is 18.9 Å². The fourth-order valence-electron chi connectivity index (χ4n) is 2.98. The monoisotopic (exact) mass is 386 g/mol. The molecule has 1 saturated heterocycles. The van der Waals surface area contributed by atoms with Crippen LogP contribution in [0.1, 0.15) is 12.8 Å². The molecule has 3 rings (SSSR count). The molecule has 1 aliphatic rings. The van der Waals surface area contributed by atoms with Gasteiger partial charge in [0.25, 0.3) is 0 Å². The van der Waals surface area contributed by atoms with Crippen molar-refractivity contribution in [1.29, 1.82) is 0 Å². The summed E-state index contributed by atoms with van der Waals surface area (Å²) in [7, 11) is 3.17. The second-order valence-corrected chi connectivity index (χ2v) is 6.41. The third kappa shape index (κ3) is 5.29. The van der Waals surface area contributed by atoms with Gasteiger partial charge in [0.2, 0.25) is 5.91 Å². The summed E-state index contributed by atoms with van der Waals surface area (Å²) in [6.45, 7) is 1.33. The smallest absolute Gasteiger partial charge is 0.243 e. The number of methoxy groups -OCH3 is 2. The Labute approximate surface area is 164 Å². The maximum Gasteiger partial charge on any atom is 0.243 e. The number of benzene rings is 2. The van der Waals surface area contributed by atoms with E-state index in [-0.39, 0.29) is 18.6 Å². The van der Waals surface area contributed by atoms with Crippen molar-refractivity contribution in [3.63, 3.8) is 0 Å². The van der Waals surface area contributed by atoms with Crippen molar-refractivity contribution < 1.29 is 23.7 Å². The Kier molecular flexibility index (Phi) is 6.97. The summed E-state index contributed by atoms with van der Waals surface area (Å²) in [4.78, 5) is 12.4. The predicted octanol–water partition coefficient (Wildman–Crippen LogP) is 3.31. The second-order valence-electron chi connectivity index (χ2n) is 6.41. The number of para-hydroxylation sites is 2. The van der Waals surface area contributed by atoms with Crippen LogP contribution in [0.4, 0.5) is 11.4 Å². The number of anilines is 2. The maximum absolute atomic E-state index is 12.4. The van der Waals surface area contributed by atoms with Gasteiger partial charge in [0.1, 0.15) is 23.9 Å². The molecule has 2 aromatic rings. The van der Waals surface area contributed by atoms with E-state index in [9.17, 15) is 4.79 Å². The van der Waals surface area contributed by atoms with Crippen molar-refractivity contribution in [2.75, 3.05) is 44.6 Å². The van der Waals surface area contributed by atoms with Crippen molar-refractivity contribution in [2.24, 2.45) is 0 Å². The molecule has 2 N–H and O–H groups in total. The average Bonchev–Trinajstić information content (AvgIpc) is 3.25. The van der Waals surface area contributed by atoms with Gasteiger partial charge in [0, 0.05) is 12.7 Å². The molecule has 2 aromatic carbocycles. The Hall–Kier alpha value is -2.93. The molecule has 150 valence electrons. The van der Waals surface area contributed by atoms with Crippen LogP contribution in [0.2, 0.25) is 0 Å². The Morgan fingerprint density at radius 1 is 1.11 bits per heavy atom. The number of rotatable bonds is 9. The third-order valence-electron chi connectivity index (χ3n) is 4.46. The molecule has 1 atom stereocenters. The minimum atomic E-state index is -0.196. The molecule has 0 bridgehead atoms. The lowest BCUT2D eigenvalue weighted by molar-refractivity contribution is -0.114. The molecule has 1 amide bonds. The third-order valence-corrected chi connectivity index (χ3v) is 4.46. The molecule has 7 heteroatoms. The summed E-state index contributed by atoms with van der Waals surface area (Å²) in [6, 6.07) is 12.7. The zero-order valence-corrected chi connectivity index (χ0v) is 16.2. The summed E-state index contributed by atoms with van der Waals surface area (Å²) < 4.78 is 22.0. The number of hydrogen-bond acceptors (Lipinski definition) is 6. The normalized spacial score (nSPS) is 15.7. The van der Waals surface area contributed by atoms with Gasteiger partial charge < -0.3 is 29.6 Å². The quantitative estimate of drug-likeness (QED) is 0.688. The van der Waals surface area contributed by atoms with Crippen LogP contribution in [-0.4, -0.2) is 46.0 Å². The van der Waals surface area contributed by atoms with E-state index < -0.39 is 0 Å². The molecule has 0 saturated carbocycles. The van der Waals surface area contributed by atoms with Crippen LogP contribution in [0.3, 0.4) is 0 Å². The molecule has 0 radical (unpaired) electrons. The van der Waals surface area contributed by atoms with Gasteiger partial charge in [-0.1, -0.05) is 12.1 Å². The van der Waals surface area contributed by atoms with Gasteiger partial charge in [0.05, 0.1) is 38.2 Å². The topological polar surface area (TPSA) is 78.1 Å². The molecule has 0 aromatic heterocycles. The molecule has 7 nitrogen and oxygen atoms in total. The molecular weight excluding hydrogens is 360 g/mol. The summed E-state index contributed by atoms with van der Waals surface area (Å²) in [5, 5.41) is 5.96. The lowest BCUT2D eigenvalue weighted by Crippen LogP contribution is -2.23. The van der Waals surface area contributed by atoms with Crippen LogP contribution in [-0.2, 0) is 9.53 Å². The number of carbonyl (C=O) groups excluding carboxylic acids is 1. The van der Waals surface area contributed by atoms with Crippen LogP contribution in [0.15, 0.2) is 42.5 Å². The summed E-state index contributed by atoms with van der Waals surface area (Å²) in [5.41, 5.74) is 1.31. The Balaban J connectivity index is 1.57. The lowest BCUT2D eigenvalue weighted by atomic mass is 10.2. The van der Waals surface area contributed by atoms with Gasteiger partial charge in [-0.2, -0.15) is 0 Å². The first kappa shape index (κ1) is 19.8. The zero-order valence-electron chi connectivity index (χ0n) is 16.2. The van der Waals surface area contributed by atoms with E-state index in [1.54, 1.807) is 32.4 Å². The number of hydrogen-bond donors (Lipinski definition) is 2. The average molecular weight is 386 g/mol. The van der Waals surface area contributed by atoms with E-state index in [0.717, 1.165) is 19.4 Å². The van der Waals surface area contributed by atoms with Gasteiger partial charge >= 0.3 is 0 Å². The van der Waals surface area contributed by atoms with Crippen LogP contribution in [0.25, 0.3) is 0 Å². The van der Waals surface area contributed by atoms with Crippen molar-refractivity contribution >= 4 is 17.3 Å². The minimum Gasteiger partial charge on any atom is -0.497 e. The molecule has 1 aliphatic heterocycles. The van der Waals surface area contributed by atoms with Crippen molar-refractivity contribution in [3.8, 4) is 17.2 Å². The molecule has 1 unspecified atom stereocenters. The first-order valence-corrected chi connectivity index (χ1v) is 9.29. The first-order valence-electron chi connectivity index (χ1n) is 9.29. The first-order chi connectivity index (χ1) is 13.7. The standard InChI is InChI=1S/C21H26N2O5/c1-25-15-9-10-19(26-2)18(12-15)22-13-21(24)23-17-7-3-4-8-20(17)28-14-16-6-5-11-27-16/h3-4,7-10,12,16,22H,5-6,11,13-14H2,1-2H3,(H,23,24). The van der Waals surface area contributed by atoms with Crippen LogP contribution < -0.4 is 24.8 Å². The summed E-state index contributed by atoms with van der Waals surface area (Å²) >= 11 is 0. The molecule has 1 fully saturated rings. The van der Waals surface area contributed by atoms with Crippen molar-refractivity contribution in [3.05, 3.63) is 42.5 Å². The lowest BCUT2D eigenvalue weighted by Gasteiger charge is -2.16. The molecular formula is C21H26N2O5. The SMILES string of the molecule is COc1ccc(OC)c(NCC(=O)Nc2ccccc2OCC2CCCO2)c1. The molecule has 0 spiro atoms. The van der Waals surface area contributed by atoms with Gasteiger partial charge in [-0.25, -0.2) is 0 Å². The van der Waals surface area contributed by atoms with Crippen LogP contribution in [0.5, 0.6) is 17.2 Å². The molecule has 28 heavy (non-hydrogen) atoms. The van der Waals surface area contributed by atoms with Gasteiger partial charge in [-0.3, -0.25) is 4.79 Å². The zero-order chi connectivity index (χ0) is 19.8. The highest BCUT2D eigenvalue weighted by Gasteiger charge is 2.17. The maximum atomic E-state index is 12.4. The largest absolute Gasteiger partial charge is 0.497 e. The molecule has 0 aliphatic carbocycles. The van der Waals surface area contributed by atoms with Gasteiger partial charge in [0.15, 0.2) is 0 Å². The Morgan fingerprint density at radius 2 is 1.96 bits per heavy atom. The highest BCUT2D eigenvalue weighted by atomic mass is 16.5. The van der Waals surface area contributed by atoms with Crippen molar-refractivity contribution in [1.82, 2.24) is 0 Å². The Morgan fingerprint density at radius 3 is 2.71 bits per heavy atom. The minimum absolute atomic E-state index is 0.0730. The van der Waals surface area contributed by atoms with Crippen LogP contribution >= 0.6 is 0 Å². The van der Waals surface area contributed by atoms with E-state index in [1.165, 1.54) is 0 Å². The highest BCUT2D eigenvalue weighted by Crippen LogP contribution is 2.29. The van der Waals surface area contributed by atoms with E-state index in [4.69, 9.17) is 18.9 Å². The van der Waals surface area contributed by atoms with Crippen LogP contribution in [0, 0.1) is 0 Å². The van der Waals surface area contributed by atoms with E-state index >= 15 is 0 Å². The number of ether oxygens (including phenoxy) is 4. The highest BCUT2D eigenvalue weighted by molar-refractivity contribution is 5.95. The summed E-state index contributed by atoms with van der Waals surface area (Å²) in [6.07, 6.45) is 2.18. The number of nitrogens with one attached hydrogen (secondary N) is 2. The van der Waals surface area contributed by atoms with E-state index in [1.807, 2.05) is 24.3 Å². The second kappa shape index (κ2) is 9.85. The predicted molar refractivity (Wildman–Crippen MR) is 108 cm³/mol. The fraction of sp³-hybridized carbons (Fsp3) is 0.381. The van der Waals surface area contributed by atoms with Gasteiger partial charge in [-0.15, -0.1) is 0 Å². The number of carbonyl (C=O) groups is 1. The summed E-state index contributed by atoms with van der Waals surface area (Å²) in [5.74, 6) is 1.74. The fourth-order valence-corrected chi connectivity index (χ4v) is 2.98.